The lowest BCUT2D eigenvalue weighted by atomic mass is 10.0. The number of benzene rings is 2. The fourth-order valence-electron chi connectivity index (χ4n) is 3.01. The predicted molar refractivity (Wildman–Crippen MR) is 113 cm³/mol. The zero-order valence-corrected chi connectivity index (χ0v) is 16.7. The number of carbonyl (C=O) groups is 1. The molecule has 31 heavy (non-hydrogen) atoms. The van der Waals surface area contributed by atoms with E-state index < -0.39 is 6.18 Å². The number of amides is 1. The molecule has 0 atom stereocenters. The topological polar surface area (TPSA) is 71.5 Å². The number of aliphatic hydroxyl groups is 1. The number of carbonyl (C=O) groups excluding carboxylic acids is 1. The lowest BCUT2D eigenvalue weighted by Crippen LogP contribution is -2.13. The molecule has 0 saturated heterocycles. The number of fused-ring (bicyclic) bond motifs is 1. The number of nitrogens with one attached hydrogen (secondary N) is 1. The van der Waals surface area contributed by atoms with Crippen LogP contribution in [-0.2, 0) is 11.3 Å². The summed E-state index contributed by atoms with van der Waals surface area (Å²) in [6, 6.07) is 11.7. The van der Waals surface area contributed by atoms with Gasteiger partial charge in [0.15, 0.2) is 0 Å². The maximum absolute atomic E-state index is 12.6. The third-order valence-corrected chi connectivity index (χ3v) is 4.46. The molecule has 2 N–H and O–H groups in total. The number of aromatic nitrogens is 1. The summed E-state index contributed by atoms with van der Waals surface area (Å²) < 4.78 is 42.3. The van der Waals surface area contributed by atoms with E-state index in [2.05, 4.69) is 10.3 Å². The van der Waals surface area contributed by atoms with E-state index in [1.54, 1.807) is 25.3 Å². The second-order valence-corrected chi connectivity index (χ2v) is 6.93. The van der Waals surface area contributed by atoms with Crippen LogP contribution in [0.4, 0.5) is 18.9 Å². The molecule has 0 spiro atoms. The van der Waals surface area contributed by atoms with Gasteiger partial charge in [-0.25, -0.2) is 0 Å². The maximum atomic E-state index is 12.6. The number of aryl methyl sites for hydroxylation is 1. The molecule has 5 nitrogen and oxygen atoms in total. The fourth-order valence-corrected chi connectivity index (χ4v) is 3.01. The van der Waals surface area contributed by atoms with Gasteiger partial charge in [-0.15, -0.1) is 0 Å². The maximum Gasteiger partial charge on any atom is 0.409 e. The number of rotatable bonds is 7. The van der Waals surface area contributed by atoms with Crippen LogP contribution in [-0.4, -0.2) is 35.4 Å². The van der Waals surface area contributed by atoms with E-state index >= 15 is 0 Å². The highest BCUT2D eigenvalue weighted by Gasteiger charge is 2.21. The largest absolute Gasteiger partial charge is 0.409 e. The average molecular weight is 430 g/mol. The summed E-state index contributed by atoms with van der Waals surface area (Å²) in [5.41, 5.74) is 3.40. The van der Waals surface area contributed by atoms with E-state index in [0.717, 1.165) is 17.0 Å². The molecule has 0 radical (unpaired) electrons. The van der Waals surface area contributed by atoms with Gasteiger partial charge in [-0.05, 0) is 47.9 Å². The minimum Gasteiger partial charge on any atom is -0.394 e. The Labute approximate surface area is 177 Å². The molecule has 0 fully saturated rings. The van der Waals surface area contributed by atoms with Crippen molar-refractivity contribution in [3.05, 3.63) is 77.0 Å². The van der Waals surface area contributed by atoms with Gasteiger partial charge in [0.25, 0.3) is 5.91 Å². The number of pyridine rings is 1. The van der Waals surface area contributed by atoms with E-state index in [-0.39, 0.29) is 25.2 Å². The summed E-state index contributed by atoms with van der Waals surface area (Å²) in [6.07, 6.45) is -1.59. The fraction of sp³-hybridized carbons (Fsp3) is 0.217. The summed E-state index contributed by atoms with van der Waals surface area (Å²) in [6.45, 7) is 2.22. The summed E-state index contributed by atoms with van der Waals surface area (Å²) in [5.74, 6) is -0.364. The molecule has 0 bridgehead atoms. The first kappa shape index (κ1) is 22.5. The van der Waals surface area contributed by atoms with Crippen LogP contribution in [0.15, 0.2) is 54.7 Å². The molecule has 162 valence electrons. The van der Waals surface area contributed by atoms with Crippen molar-refractivity contribution in [3.63, 3.8) is 0 Å². The number of halogens is 3. The third-order valence-electron chi connectivity index (χ3n) is 4.46. The molecule has 0 aliphatic rings. The van der Waals surface area contributed by atoms with Crippen molar-refractivity contribution in [1.29, 1.82) is 0 Å². The van der Waals surface area contributed by atoms with Crippen molar-refractivity contribution >= 4 is 28.6 Å². The first-order valence-corrected chi connectivity index (χ1v) is 9.50. The third kappa shape index (κ3) is 6.37. The first-order chi connectivity index (χ1) is 14.7. The number of allylic oxidation sites excluding steroid dienone is 1. The summed E-state index contributed by atoms with van der Waals surface area (Å²) in [5, 5.41) is 12.4. The lowest BCUT2D eigenvalue weighted by Gasteiger charge is -2.10. The van der Waals surface area contributed by atoms with Crippen LogP contribution in [0.3, 0.4) is 0 Å². The molecule has 0 unspecified atom stereocenters. The number of hydrogen-bond acceptors (Lipinski definition) is 4. The van der Waals surface area contributed by atoms with Crippen molar-refractivity contribution in [2.75, 3.05) is 18.5 Å². The molecular formula is C23H21F3N2O3. The van der Waals surface area contributed by atoms with Crippen LogP contribution in [0.2, 0.25) is 0 Å². The highest BCUT2D eigenvalue weighted by Crippen LogP contribution is 2.22. The predicted octanol–water partition coefficient (Wildman–Crippen LogP) is 4.88. The Morgan fingerprint density at radius 2 is 2.00 bits per heavy atom. The van der Waals surface area contributed by atoms with Crippen molar-refractivity contribution in [3.8, 4) is 0 Å². The zero-order chi connectivity index (χ0) is 22.4. The second-order valence-electron chi connectivity index (χ2n) is 6.93. The van der Waals surface area contributed by atoms with Crippen molar-refractivity contribution in [2.45, 2.75) is 19.7 Å². The summed E-state index contributed by atoms with van der Waals surface area (Å²) in [4.78, 5) is 17.0. The number of nitrogens with zero attached hydrogens (tertiary/aromatic N) is 1. The molecule has 3 aromatic rings. The Morgan fingerprint density at radius 1 is 1.19 bits per heavy atom. The average Bonchev–Trinajstić information content (AvgIpc) is 2.72. The van der Waals surface area contributed by atoms with E-state index in [0.29, 0.717) is 34.5 Å². The molecule has 1 heterocycles. The lowest BCUT2D eigenvalue weighted by molar-refractivity contribution is -0.0790. The molecule has 2 aromatic carbocycles. The number of aliphatic hydroxyl groups excluding tert-OH is 1. The molecule has 8 heteroatoms. The van der Waals surface area contributed by atoms with E-state index in [9.17, 15) is 18.0 Å². The van der Waals surface area contributed by atoms with Crippen LogP contribution in [0.5, 0.6) is 0 Å². The SMILES string of the molecule is Cc1cc(/C=C/C(F)(F)F)ccc1C(=O)Nc1ccc2cc(COCCO)cnc2c1. The van der Waals surface area contributed by atoms with Crippen LogP contribution < -0.4 is 5.32 Å². The van der Waals surface area contributed by atoms with Crippen molar-refractivity contribution < 1.29 is 27.8 Å². The standard InChI is InChI=1S/C23H21F3N2O3/c1-15-10-16(6-7-23(24,25)26)2-5-20(15)22(30)28-19-4-3-18-11-17(14-31-9-8-29)13-27-21(18)12-19/h2-7,10-13,29H,8-9,14H2,1H3,(H,28,30)/b7-6+. The number of alkyl halides is 3. The summed E-state index contributed by atoms with van der Waals surface area (Å²) in [7, 11) is 0. The molecule has 0 aliphatic heterocycles. The van der Waals surface area contributed by atoms with Gasteiger partial charge in [-0.2, -0.15) is 13.2 Å². The number of anilines is 1. The van der Waals surface area contributed by atoms with Crippen LogP contribution >= 0.6 is 0 Å². The van der Waals surface area contributed by atoms with Gasteiger partial charge >= 0.3 is 6.18 Å². The van der Waals surface area contributed by atoms with Gasteiger partial charge in [0.1, 0.15) is 0 Å². The number of hydrogen-bond donors (Lipinski definition) is 2. The smallest absolute Gasteiger partial charge is 0.394 e. The molecule has 0 aliphatic carbocycles. The van der Waals surface area contributed by atoms with Crippen LogP contribution in [0, 0.1) is 6.92 Å². The van der Waals surface area contributed by atoms with Gasteiger partial charge in [-0.3, -0.25) is 9.78 Å². The Balaban J connectivity index is 1.72. The van der Waals surface area contributed by atoms with Crippen LogP contribution in [0.25, 0.3) is 17.0 Å². The summed E-state index contributed by atoms with van der Waals surface area (Å²) >= 11 is 0. The van der Waals surface area contributed by atoms with Gasteiger partial charge in [-0.1, -0.05) is 24.3 Å². The first-order valence-electron chi connectivity index (χ1n) is 9.50. The monoisotopic (exact) mass is 430 g/mol. The minimum atomic E-state index is -4.39. The van der Waals surface area contributed by atoms with Crippen molar-refractivity contribution in [1.82, 2.24) is 4.98 Å². The molecular weight excluding hydrogens is 409 g/mol. The molecule has 0 saturated carbocycles. The van der Waals surface area contributed by atoms with Gasteiger partial charge in [0.05, 0.1) is 25.3 Å². The molecule has 1 amide bonds. The van der Waals surface area contributed by atoms with Gasteiger partial charge in [0.2, 0.25) is 0 Å². The Hall–Kier alpha value is -3.23. The zero-order valence-electron chi connectivity index (χ0n) is 16.7. The Morgan fingerprint density at radius 3 is 2.71 bits per heavy atom. The van der Waals surface area contributed by atoms with E-state index in [4.69, 9.17) is 9.84 Å². The normalized spacial score (nSPS) is 11.9. The minimum absolute atomic E-state index is 0.0451. The van der Waals surface area contributed by atoms with E-state index in [1.807, 2.05) is 12.1 Å². The molecule has 1 aromatic heterocycles. The van der Waals surface area contributed by atoms with Crippen LogP contribution in [0.1, 0.15) is 27.0 Å². The van der Waals surface area contributed by atoms with E-state index in [1.165, 1.54) is 18.2 Å². The Kier molecular flexibility index (Phi) is 7.04. The highest BCUT2D eigenvalue weighted by atomic mass is 19.4. The second kappa shape index (κ2) is 9.72. The van der Waals surface area contributed by atoms with Gasteiger partial charge < -0.3 is 15.2 Å². The van der Waals surface area contributed by atoms with Crippen molar-refractivity contribution in [2.24, 2.45) is 0 Å². The highest BCUT2D eigenvalue weighted by molar-refractivity contribution is 6.06. The van der Waals surface area contributed by atoms with Gasteiger partial charge in [0, 0.05) is 28.9 Å². The molecule has 3 rings (SSSR count). The number of ether oxygens (including phenoxy) is 1. The Bertz CT molecular complexity index is 1110. The quantitative estimate of drug-likeness (QED) is 0.524.